The first kappa shape index (κ1) is 21.1. The van der Waals surface area contributed by atoms with Crippen molar-refractivity contribution >= 4 is 21.6 Å². The van der Waals surface area contributed by atoms with Crippen LogP contribution >= 0.6 is 0 Å². The summed E-state index contributed by atoms with van der Waals surface area (Å²) in [5, 5.41) is 2.90. The van der Waals surface area contributed by atoms with Crippen LogP contribution in [-0.2, 0) is 21.2 Å². The fourth-order valence-electron chi connectivity index (χ4n) is 3.92. The Hall–Kier alpha value is -3.12. The molecule has 3 aromatic carbocycles. The van der Waals surface area contributed by atoms with Gasteiger partial charge in [-0.1, -0.05) is 68.4 Å². The molecule has 1 atom stereocenters. The Kier molecular flexibility index (Phi) is 5.83. The summed E-state index contributed by atoms with van der Waals surface area (Å²) in [6.07, 6.45) is 0.847. The summed E-state index contributed by atoms with van der Waals surface area (Å²) in [5.74, 6) is -0.195. The van der Waals surface area contributed by atoms with Crippen LogP contribution in [0.5, 0.6) is 0 Å². The number of benzene rings is 3. The van der Waals surface area contributed by atoms with Crippen molar-refractivity contribution < 1.29 is 13.2 Å². The van der Waals surface area contributed by atoms with E-state index in [9.17, 15) is 13.2 Å². The number of aryl methyl sites for hydroxylation is 1. The summed E-state index contributed by atoms with van der Waals surface area (Å²) in [4.78, 5) is 13.0. The number of hydrogen-bond acceptors (Lipinski definition) is 3. The molecule has 31 heavy (non-hydrogen) atoms. The predicted octanol–water partition coefficient (Wildman–Crippen LogP) is 4.34. The maximum absolute atomic E-state index is 13.4. The van der Waals surface area contributed by atoms with Crippen LogP contribution in [0.15, 0.2) is 77.7 Å². The smallest absolute Gasteiger partial charge is 0.265 e. The zero-order valence-corrected chi connectivity index (χ0v) is 18.5. The molecule has 0 spiro atoms. The van der Waals surface area contributed by atoms with Gasteiger partial charge in [0.1, 0.15) is 6.54 Å². The van der Waals surface area contributed by atoms with E-state index in [1.807, 2.05) is 67.6 Å². The number of nitrogens with zero attached hydrogens (tertiary/aromatic N) is 1. The average Bonchev–Trinajstić information content (AvgIpc) is 2.80. The lowest BCUT2D eigenvalue weighted by Crippen LogP contribution is -2.43. The van der Waals surface area contributed by atoms with Crippen molar-refractivity contribution in [1.82, 2.24) is 5.32 Å². The third-order valence-electron chi connectivity index (χ3n) is 5.74. The maximum Gasteiger partial charge on any atom is 0.265 e. The average molecular weight is 435 g/mol. The molecule has 5 nitrogen and oxygen atoms in total. The molecule has 0 bridgehead atoms. The lowest BCUT2D eigenvalue weighted by Gasteiger charge is -2.32. The quantitative estimate of drug-likeness (QED) is 0.627. The predicted molar refractivity (Wildman–Crippen MR) is 124 cm³/mol. The number of hydrogen-bond donors (Lipinski definition) is 1. The topological polar surface area (TPSA) is 66.5 Å². The van der Waals surface area contributed by atoms with Gasteiger partial charge in [-0.05, 0) is 41.7 Å². The minimum absolute atomic E-state index is 0.128. The van der Waals surface area contributed by atoms with Gasteiger partial charge in [-0.3, -0.25) is 9.10 Å². The molecule has 0 saturated carbocycles. The highest BCUT2D eigenvalue weighted by atomic mass is 32.2. The van der Waals surface area contributed by atoms with Crippen molar-refractivity contribution in [2.24, 2.45) is 0 Å². The van der Waals surface area contributed by atoms with E-state index < -0.39 is 10.0 Å². The van der Waals surface area contributed by atoms with Gasteiger partial charge in [0.2, 0.25) is 5.91 Å². The summed E-state index contributed by atoms with van der Waals surface area (Å²) in [6, 6.07) is 22.6. The molecule has 0 aliphatic carbocycles. The largest absolute Gasteiger partial charge is 0.354 e. The van der Waals surface area contributed by atoms with Crippen molar-refractivity contribution in [2.45, 2.75) is 31.1 Å². The minimum atomic E-state index is -3.83. The SMILES string of the molecule is CCc1ccc2c(c1)-c1ccccc1S(=O)(=O)N2CC(=O)NC[C@@H](C)c1ccccc1. The Labute approximate surface area is 183 Å². The number of nitrogens with one attached hydrogen (secondary N) is 1. The van der Waals surface area contributed by atoms with Crippen molar-refractivity contribution in [3.05, 3.63) is 83.9 Å². The Morgan fingerprint density at radius 3 is 2.42 bits per heavy atom. The van der Waals surface area contributed by atoms with Gasteiger partial charge in [0.05, 0.1) is 10.6 Å². The fraction of sp³-hybridized carbons (Fsp3) is 0.240. The number of rotatable bonds is 6. The Balaban J connectivity index is 1.60. The van der Waals surface area contributed by atoms with Crippen LogP contribution in [0.3, 0.4) is 0 Å². The van der Waals surface area contributed by atoms with Gasteiger partial charge < -0.3 is 5.32 Å². The number of fused-ring (bicyclic) bond motifs is 3. The van der Waals surface area contributed by atoms with E-state index in [1.165, 1.54) is 4.31 Å². The van der Waals surface area contributed by atoms with Crippen molar-refractivity contribution in [1.29, 1.82) is 0 Å². The summed E-state index contributed by atoms with van der Waals surface area (Å²) < 4.78 is 28.0. The molecule has 4 rings (SSSR count). The standard InChI is InChI=1S/C25H26N2O3S/c1-3-19-13-14-23-22(15-19)21-11-7-8-12-24(21)31(29,30)27(23)17-25(28)26-16-18(2)20-9-5-4-6-10-20/h4-15,18H,3,16-17H2,1-2H3,(H,26,28)/t18-/m1/s1. The zero-order valence-electron chi connectivity index (χ0n) is 17.7. The number of sulfonamides is 1. The van der Waals surface area contributed by atoms with E-state index in [-0.39, 0.29) is 23.3 Å². The number of carbonyl (C=O) groups excluding carboxylic acids is 1. The Morgan fingerprint density at radius 1 is 0.968 bits per heavy atom. The van der Waals surface area contributed by atoms with E-state index >= 15 is 0 Å². The van der Waals surface area contributed by atoms with Gasteiger partial charge in [-0.2, -0.15) is 0 Å². The first-order valence-corrected chi connectivity index (χ1v) is 11.9. The lowest BCUT2D eigenvalue weighted by atomic mass is 9.99. The summed E-state index contributed by atoms with van der Waals surface area (Å²) >= 11 is 0. The van der Waals surface area contributed by atoms with Gasteiger partial charge in [0.15, 0.2) is 0 Å². The van der Waals surface area contributed by atoms with E-state index in [4.69, 9.17) is 0 Å². The highest BCUT2D eigenvalue weighted by Gasteiger charge is 2.35. The molecular weight excluding hydrogens is 408 g/mol. The van der Waals surface area contributed by atoms with Gasteiger partial charge >= 0.3 is 0 Å². The Bertz CT molecular complexity index is 1210. The van der Waals surface area contributed by atoms with Crippen LogP contribution in [0.25, 0.3) is 11.1 Å². The lowest BCUT2D eigenvalue weighted by molar-refractivity contribution is -0.119. The molecule has 3 aromatic rings. The molecule has 0 radical (unpaired) electrons. The van der Waals surface area contributed by atoms with Crippen LogP contribution in [0.2, 0.25) is 0 Å². The van der Waals surface area contributed by atoms with Crippen LogP contribution in [0.4, 0.5) is 5.69 Å². The van der Waals surface area contributed by atoms with Crippen LogP contribution in [-0.4, -0.2) is 27.4 Å². The van der Waals surface area contributed by atoms with Gasteiger partial charge in [-0.15, -0.1) is 0 Å². The summed E-state index contributed by atoms with van der Waals surface area (Å²) in [6.45, 7) is 4.28. The Morgan fingerprint density at radius 2 is 1.68 bits per heavy atom. The van der Waals surface area contributed by atoms with E-state index in [0.717, 1.165) is 23.1 Å². The molecule has 1 aliphatic rings. The van der Waals surface area contributed by atoms with Gasteiger partial charge in [0, 0.05) is 17.7 Å². The highest BCUT2D eigenvalue weighted by molar-refractivity contribution is 7.93. The number of amides is 1. The monoisotopic (exact) mass is 434 g/mol. The van der Waals surface area contributed by atoms with Crippen molar-refractivity contribution in [3.63, 3.8) is 0 Å². The van der Waals surface area contributed by atoms with E-state index in [2.05, 4.69) is 12.2 Å². The zero-order chi connectivity index (χ0) is 22.0. The fourth-order valence-corrected chi connectivity index (χ4v) is 5.57. The normalized spacial score (nSPS) is 15.0. The molecule has 6 heteroatoms. The second-order valence-electron chi connectivity index (χ2n) is 7.83. The molecule has 0 unspecified atom stereocenters. The third-order valence-corrected chi connectivity index (χ3v) is 7.56. The van der Waals surface area contributed by atoms with Gasteiger partial charge in [-0.25, -0.2) is 8.42 Å². The van der Waals surface area contributed by atoms with Crippen molar-refractivity contribution in [3.8, 4) is 11.1 Å². The molecule has 1 heterocycles. The van der Waals surface area contributed by atoms with E-state index in [0.29, 0.717) is 17.8 Å². The van der Waals surface area contributed by atoms with Gasteiger partial charge in [0.25, 0.3) is 10.0 Å². The molecule has 0 fully saturated rings. The number of anilines is 1. The first-order chi connectivity index (χ1) is 14.9. The summed E-state index contributed by atoms with van der Waals surface area (Å²) in [5.41, 5.74) is 4.31. The van der Waals surface area contributed by atoms with Crippen LogP contribution < -0.4 is 9.62 Å². The molecular formula is C25H26N2O3S. The van der Waals surface area contributed by atoms with Crippen molar-refractivity contribution in [2.75, 3.05) is 17.4 Å². The third kappa shape index (κ3) is 4.08. The van der Waals surface area contributed by atoms with Crippen LogP contribution in [0, 0.1) is 0 Å². The molecule has 1 aliphatic heterocycles. The van der Waals surface area contributed by atoms with E-state index in [1.54, 1.807) is 12.1 Å². The second kappa shape index (κ2) is 8.55. The van der Waals surface area contributed by atoms with Crippen LogP contribution in [0.1, 0.15) is 30.9 Å². The molecule has 1 amide bonds. The molecule has 0 aromatic heterocycles. The molecule has 0 saturated heterocycles. The minimum Gasteiger partial charge on any atom is -0.354 e. The number of carbonyl (C=O) groups is 1. The summed E-state index contributed by atoms with van der Waals surface area (Å²) in [7, 11) is -3.83. The molecule has 1 N–H and O–H groups in total. The first-order valence-electron chi connectivity index (χ1n) is 10.5. The molecule has 160 valence electrons. The highest BCUT2D eigenvalue weighted by Crippen LogP contribution is 2.43. The second-order valence-corrected chi connectivity index (χ2v) is 9.66. The maximum atomic E-state index is 13.4.